The number of benzene rings is 1. The molecule has 2 saturated heterocycles. The molecule has 5 heteroatoms. The minimum atomic E-state index is -0.513. The highest BCUT2D eigenvalue weighted by Gasteiger charge is 2.49. The molecule has 2 aliphatic rings. The molecule has 0 saturated carbocycles. The van der Waals surface area contributed by atoms with Crippen LogP contribution in [0.15, 0.2) is 30.3 Å². The van der Waals surface area contributed by atoms with Gasteiger partial charge >= 0.3 is 6.09 Å². The zero-order chi connectivity index (χ0) is 18.1. The molecule has 3 rings (SSSR count). The van der Waals surface area contributed by atoms with Gasteiger partial charge in [-0.25, -0.2) is 4.79 Å². The van der Waals surface area contributed by atoms with Crippen LogP contribution in [0.5, 0.6) is 0 Å². The third kappa shape index (κ3) is 3.97. The van der Waals surface area contributed by atoms with Crippen LogP contribution in [-0.2, 0) is 16.1 Å². The zero-order valence-electron chi connectivity index (χ0n) is 15.5. The Morgan fingerprint density at radius 1 is 1.16 bits per heavy atom. The van der Waals surface area contributed by atoms with E-state index in [4.69, 9.17) is 4.74 Å². The SMILES string of the molecule is CC(C)(C)OC(=O)N1CCCC2(CCN(Cc3ccccc3)C2=O)C1. The minimum absolute atomic E-state index is 0.185. The van der Waals surface area contributed by atoms with Gasteiger partial charge in [-0.15, -0.1) is 0 Å². The Bertz CT molecular complexity index is 638. The number of likely N-dealkylation sites (tertiary alicyclic amines) is 2. The predicted octanol–water partition coefficient (Wildman–Crippen LogP) is 3.44. The number of amides is 2. The molecule has 1 aromatic rings. The maximum atomic E-state index is 13.1. The van der Waals surface area contributed by atoms with Gasteiger partial charge in [0.2, 0.25) is 5.91 Å². The Balaban J connectivity index is 1.67. The third-order valence-electron chi connectivity index (χ3n) is 5.05. The summed E-state index contributed by atoms with van der Waals surface area (Å²) in [6, 6.07) is 10.1. The summed E-state index contributed by atoms with van der Waals surface area (Å²) in [5.41, 5.74) is 0.206. The summed E-state index contributed by atoms with van der Waals surface area (Å²) >= 11 is 0. The van der Waals surface area contributed by atoms with E-state index in [1.165, 1.54) is 0 Å². The van der Waals surface area contributed by atoms with Crippen LogP contribution in [0.1, 0.15) is 45.6 Å². The van der Waals surface area contributed by atoms with E-state index in [1.807, 2.05) is 56.0 Å². The number of carbonyl (C=O) groups excluding carboxylic acids is 2. The lowest BCUT2D eigenvalue weighted by atomic mass is 9.78. The monoisotopic (exact) mass is 344 g/mol. The van der Waals surface area contributed by atoms with Crippen LogP contribution >= 0.6 is 0 Å². The first kappa shape index (κ1) is 17.8. The maximum Gasteiger partial charge on any atom is 0.410 e. The molecule has 0 aromatic heterocycles. The topological polar surface area (TPSA) is 49.9 Å². The lowest BCUT2D eigenvalue weighted by Crippen LogP contribution is -2.50. The van der Waals surface area contributed by atoms with Crippen LogP contribution < -0.4 is 0 Å². The Morgan fingerprint density at radius 2 is 1.88 bits per heavy atom. The summed E-state index contributed by atoms with van der Waals surface area (Å²) in [7, 11) is 0. The Morgan fingerprint density at radius 3 is 2.56 bits per heavy atom. The second kappa shape index (κ2) is 6.70. The van der Waals surface area contributed by atoms with E-state index in [2.05, 4.69) is 0 Å². The number of hydrogen-bond donors (Lipinski definition) is 0. The molecule has 0 bridgehead atoms. The third-order valence-corrected chi connectivity index (χ3v) is 5.05. The Hall–Kier alpha value is -2.04. The van der Waals surface area contributed by atoms with Crippen molar-refractivity contribution in [1.82, 2.24) is 9.80 Å². The number of piperidine rings is 1. The van der Waals surface area contributed by atoms with Crippen molar-refractivity contribution in [2.75, 3.05) is 19.6 Å². The van der Waals surface area contributed by atoms with Crippen molar-refractivity contribution in [3.8, 4) is 0 Å². The fourth-order valence-electron chi connectivity index (χ4n) is 3.84. The minimum Gasteiger partial charge on any atom is -0.444 e. The van der Waals surface area contributed by atoms with Gasteiger partial charge in [0.1, 0.15) is 5.60 Å². The van der Waals surface area contributed by atoms with Crippen molar-refractivity contribution in [2.24, 2.45) is 5.41 Å². The molecule has 2 heterocycles. The molecule has 5 nitrogen and oxygen atoms in total. The molecule has 136 valence electrons. The fourth-order valence-corrected chi connectivity index (χ4v) is 3.84. The average molecular weight is 344 g/mol. The van der Waals surface area contributed by atoms with E-state index in [-0.39, 0.29) is 12.0 Å². The Labute approximate surface area is 149 Å². The molecule has 0 aliphatic carbocycles. The summed E-state index contributed by atoms with van der Waals surface area (Å²) in [5.74, 6) is 0.185. The smallest absolute Gasteiger partial charge is 0.410 e. The van der Waals surface area contributed by atoms with Crippen molar-refractivity contribution < 1.29 is 14.3 Å². The van der Waals surface area contributed by atoms with E-state index in [9.17, 15) is 9.59 Å². The van der Waals surface area contributed by atoms with Gasteiger partial charge in [-0.05, 0) is 45.6 Å². The van der Waals surface area contributed by atoms with Crippen molar-refractivity contribution in [3.63, 3.8) is 0 Å². The zero-order valence-corrected chi connectivity index (χ0v) is 15.5. The molecule has 1 atom stereocenters. The van der Waals surface area contributed by atoms with Crippen molar-refractivity contribution in [1.29, 1.82) is 0 Å². The van der Waals surface area contributed by atoms with Gasteiger partial charge in [-0.1, -0.05) is 30.3 Å². The first-order valence-electron chi connectivity index (χ1n) is 9.10. The highest BCUT2D eigenvalue weighted by atomic mass is 16.6. The first-order valence-corrected chi connectivity index (χ1v) is 9.10. The molecule has 1 unspecified atom stereocenters. The van der Waals surface area contributed by atoms with E-state index >= 15 is 0 Å². The van der Waals surface area contributed by atoms with Gasteiger partial charge in [0, 0.05) is 26.2 Å². The normalized spacial score (nSPS) is 24.0. The van der Waals surface area contributed by atoms with Crippen LogP contribution in [0.3, 0.4) is 0 Å². The van der Waals surface area contributed by atoms with E-state index in [0.29, 0.717) is 19.6 Å². The summed E-state index contributed by atoms with van der Waals surface area (Å²) in [6.07, 6.45) is 2.22. The second-order valence-corrected chi connectivity index (χ2v) is 8.25. The first-order chi connectivity index (χ1) is 11.8. The van der Waals surface area contributed by atoms with E-state index in [0.717, 1.165) is 31.4 Å². The molecule has 0 radical (unpaired) electrons. The molecular weight excluding hydrogens is 316 g/mol. The van der Waals surface area contributed by atoms with Crippen molar-refractivity contribution >= 4 is 12.0 Å². The van der Waals surface area contributed by atoms with Crippen LogP contribution in [0.4, 0.5) is 4.79 Å². The number of rotatable bonds is 2. The molecule has 1 aromatic carbocycles. The van der Waals surface area contributed by atoms with Crippen molar-refractivity contribution in [2.45, 2.75) is 52.2 Å². The van der Waals surface area contributed by atoms with Crippen LogP contribution in [-0.4, -0.2) is 47.0 Å². The molecular formula is C20H28N2O3. The number of nitrogens with zero attached hydrogens (tertiary/aromatic N) is 2. The molecule has 0 N–H and O–H groups in total. The molecule has 25 heavy (non-hydrogen) atoms. The average Bonchev–Trinajstić information content (AvgIpc) is 2.84. The summed E-state index contributed by atoms with van der Waals surface area (Å²) in [6.45, 7) is 8.16. The standard InChI is InChI=1S/C20H28N2O3/c1-19(2,3)25-18(24)22-12-7-10-20(15-22)11-13-21(17(20)23)14-16-8-5-4-6-9-16/h4-6,8-9H,7,10-15H2,1-3H3. The van der Waals surface area contributed by atoms with Gasteiger partial charge in [0.25, 0.3) is 0 Å². The largest absolute Gasteiger partial charge is 0.444 e. The molecule has 1 spiro atoms. The lowest BCUT2D eigenvalue weighted by molar-refractivity contribution is -0.139. The van der Waals surface area contributed by atoms with Crippen molar-refractivity contribution in [3.05, 3.63) is 35.9 Å². The van der Waals surface area contributed by atoms with Gasteiger partial charge in [-0.2, -0.15) is 0 Å². The highest BCUT2D eigenvalue weighted by molar-refractivity contribution is 5.86. The number of carbonyl (C=O) groups is 2. The highest BCUT2D eigenvalue weighted by Crippen LogP contribution is 2.41. The summed E-state index contributed by atoms with van der Waals surface area (Å²) < 4.78 is 5.50. The predicted molar refractivity (Wildman–Crippen MR) is 96.0 cm³/mol. The molecule has 2 amide bonds. The van der Waals surface area contributed by atoms with E-state index < -0.39 is 11.0 Å². The number of hydrogen-bond acceptors (Lipinski definition) is 3. The summed E-state index contributed by atoms with van der Waals surface area (Å²) in [5, 5.41) is 0. The van der Waals surface area contributed by atoms with Gasteiger partial charge in [0.15, 0.2) is 0 Å². The quantitative estimate of drug-likeness (QED) is 0.826. The maximum absolute atomic E-state index is 13.1. The lowest BCUT2D eigenvalue weighted by Gasteiger charge is -2.39. The van der Waals surface area contributed by atoms with Gasteiger partial charge < -0.3 is 14.5 Å². The summed E-state index contributed by atoms with van der Waals surface area (Å²) in [4.78, 5) is 29.2. The number of ether oxygens (including phenoxy) is 1. The van der Waals surface area contributed by atoms with Crippen LogP contribution in [0.25, 0.3) is 0 Å². The Kier molecular flexibility index (Phi) is 4.76. The van der Waals surface area contributed by atoms with Crippen LogP contribution in [0.2, 0.25) is 0 Å². The second-order valence-electron chi connectivity index (χ2n) is 8.25. The molecule has 2 fully saturated rings. The van der Waals surface area contributed by atoms with Gasteiger partial charge in [-0.3, -0.25) is 4.79 Å². The fraction of sp³-hybridized carbons (Fsp3) is 0.600. The van der Waals surface area contributed by atoms with E-state index in [1.54, 1.807) is 4.90 Å². The van der Waals surface area contributed by atoms with Crippen LogP contribution in [0, 0.1) is 5.41 Å². The molecule has 2 aliphatic heterocycles. The van der Waals surface area contributed by atoms with Gasteiger partial charge in [0.05, 0.1) is 5.41 Å².